The predicted molar refractivity (Wildman–Crippen MR) is 54.8 cm³/mol. The second-order valence-electron chi connectivity index (χ2n) is 3.34. The third kappa shape index (κ3) is 3.25. The topological polar surface area (TPSA) is 66.8 Å². The lowest BCUT2D eigenvalue weighted by Crippen LogP contribution is -2.22. The summed E-state index contributed by atoms with van der Waals surface area (Å²) >= 11 is 0. The molecule has 4 heteroatoms. The van der Waals surface area contributed by atoms with Crippen molar-refractivity contribution in [3.05, 3.63) is 29.8 Å². The van der Waals surface area contributed by atoms with Gasteiger partial charge in [0.1, 0.15) is 5.75 Å². The zero-order chi connectivity index (χ0) is 11.4. The molecule has 2 atom stereocenters. The highest BCUT2D eigenvalue weighted by atomic mass is 16.5. The molecule has 0 fully saturated rings. The molecule has 0 radical (unpaired) electrons. The number of carboxylic acids is 1. The number of carbonyl (C=O) groups is 1. The lowest BCUT2D eigenvalue weighted by molar-refractivity contribution is -0.144. The van der Waals surface area contributed by atoms with Crippen molar-refractivity contribution in [3.8, 4) is 5.75 Å². The van der Waals surface area contributed by atoms with Crippen LogP contribution in [0.3, 0.4) is 0 Å². The van der Waals surface area contributed by atoms with E-state index >= 15 is 0 Å². The highest BCUT2D eigenvalue weighted by Crippen LogP contribution is 2.18. The summed E-state index contributed by atoms with van der Waals surface area (Å²) < 4.78 is 5.13. The van der Waals surface area contributed by atoms with Gasteiger partial charge in [-0.3, -0.25) is 0 Å². The van der Waals surface area contributed by atoms with Crippen LogP contribution in [0.25, 0.3) is 0 Å². The van der Waals surface area contributed by atoms with Gasteiger partial charge < -0.3 is 14.9 Å². The van der Waals surface area contributed by atoms with Crippen molar-refractivity contribution >= 4 is 5.97 Å². The zero-order valence-electron chi connectivity index (χ0n) is 8.68. The van der Waals surface area contributed by atoms with Crippen molar-refractivity contribution in [1.29, 1.82) is 0 Å². The molecular weight excluding hydrogens is 196 g/mol. The fourth-order valence-electron chi connectivity index (χ4n) is 1.08. The molecule has 0 spiro atoms. The summed E-state index contributed by atoms with van der Waals surface area (Å²) in [4.78, 5) is 10.5. The summed E-state index contributed by atoms with van der Waals surface area (Å²) in [6.07, 6.45) is -1.40. The molecule has 0 aliphatic rings. The van der Waals surface area contributed by atoms with Gasteiger partial charge in [-0.15, -0.1) is 0 Å². The molecule has 1 aromatic rings. The van der Waals surface area contributed by atoms with Gasteiger partial charge in [-0.25, -0.2) is 4.79 Å². The van der Waals surface area contributed by atoms with Crippen molar-refractivity contribution in [2.45, 2.75) is 26.1 Å². The summed E-state index contributed by atoms with van der Waals surface area (Å²) in [6.45, 7) is 3.13. The number of hydrogen-bond acceptors (Lipinski definition) is 3. The number of carboxylic acid groups (broad SMARTS) is 1. The second kappa shape index (κ2) is 4.79. The first-order valence-electron chi connectivity index (χ1n) is 4.68. The van der Waals surface area contributed by atoms with Crippen LogP contribution in [0.1, 0.15) is 25.5 Å². The smallest absolute Gasteiger partial charge is 0.344 e. The van der Waals surface area contributed by atoms with Crippen LogP contribution in [0.5, 0.6) is 5.75 Å². The van der Waals surface area contributed by atoms with Crippen LogP contribution in [0.4, 0.5) is 0 Å². The molecule has 0 amide bonds. The fourth-order valence-corrected chi connectivity index (χ4v) is 1.08. The van der Waals surface area contributed by atoms with Crippen LogP contribution in [-0.4, -0.2) is 22.3 Å². The van der Waals surface area contributed by atoms with E-state index in [1.807, 2.05) is 0 Å². The SMILES string of the molecule is CC(Oc1ccc([C@@H](C)O)cc1)C(=O)O. The van der Waals surface area contributed by atoms with Crippen molar-refractivity contribution in [1.82, 2.24) is 0 Å². The molecule has 0 aliphatic carbocycles. The Kier molecular flexibility index (Phi) is 3.68. The first-order chi connectivity index (χ1) is 7.00. The van der Waals surface area contributed by atoms with Gasteiger partial charge in [0.25, 0.3) is 0 Å². The Labute approximate surface area is 88.1 Å². The number of ether oxygens (including phenoxy) is 1. The molecule has 1 unspecified atom stereocenters. The molecule has 0 saturated heterocycles. The van der Waals surface area contributed by atoms with Crippen molar-refractivity contribution in [2.24, 2.45) is 0 Å². The lowest BCUT2D eigenvalue weighted by Gasteiger charge is -2.11. The minimum absolute atomic E-state index is 0.481. The minimum atomic E-state index is -1.00. The van der Waals surface area contributed by atoms with Crippen molar-refractivity contribution in [2.75, 3.05) is 0 Å². The van der Waals surface area contributed by atoms with Crippen molar-refractivity contribution < 1.29 is 19.7 Å². The van der Waals surface area contributed by atoms with Gasteiger partial charge in [-0.1, -0.05) is 12.1 Å². The van der Waals surface area contributed by atoms with Crippen LogP contribution >= 0.6 is 0 Å². The van der Waals surface area contributed by atoms with Gasteiger partial charge >= 0.3 is 5.97 Å². The molecule has 0 saturated carbocycles. The van der Waals surface area contributed by atoms with E-state index in [2.05, 4.69) is 0 Å². The highest BCUT2D eigenvalue weighted by Gasteiger charge is 2.12. The number of hydrogen-bond donors (Lipinski definition) is 2. The summed E-state index contributed by atoms with van der Waals surface area (Å²) in [6, 6.07) is 6.69. The summed E-state index contributed by atoms with van der Waals surface area (Å²) in [5, 5.41) is 17.9. The van der Waals surface area contributed by atoms with Gasteiger partial charge in [-0.2, -0.15) is 0 Å². The molecule has 82 valence electrons. The van der Waals surface area contributed by atoms with E-state index in [0.29, 0.717) is 5.75 Å². The zero-order valence-corrected chi connectivity index (χ0v) is 8.68. The van der Waals surface area contributed by atoms with Gasteiger partial charge in [0.15, 0.2) is 6.10 Å². The molecule has 1 rings (SSSR count). The molecule has 0 heterocycles. The molecule has 0 aromatic heterocycles. The Morgan fingerprint density at radius 2 is 1.80 bits per heavy atom. The Balaban J connectivity index is 2.68. The molecule has 4 nitrogen and oxygen atoms in total. The van der Waals surface area contributed by atoms with Crippen LogP contribution in [-0.2, 0) is 4.79 Å². The van der Waals surface area contributed by atoms with E-state index in [4.69, 9.17) is 9.84 Å². The van der Waals surface area contributed by atoms with Gasteiger partial charge in [-0.05, 0) is 31.5 Å². The average molecular weight is 210 g/mol. The molecule has 2 N–H and O–H groups in total. The largest absolute Gasteiger partial charge is 0.479 e. The first kappa shape index (κ1) is 11.5. The number of aliphatic hydroxyl groups excluding tert-OH is 1. The normalized spacial score (nSPS) is 14.3. The molecule has 1 aromatic carbocycles. The molecule has 15 heavy (non-hydrogen) atoms. The van der Waals surface area contributed by atoms with Crippen LogP contribution in [0.2, 0.25) is 0 Å². The van der Waals surface area contributed by atoms with E-state index in [1.54, 1.807) is 31.2 Å². The van der Waals surface area contributed by atoms with E-state index in [1.165, 1.54) is 6.92 Å². The molecular formula is C11H14O4. The van der Waals surface area contributed by atoms with E-state index < -0.39 is 18.2 Å². The Morgan fingerprint density at radius 3 is 2.20 bits per heavy atom. The lowest BCUT2D eigenvalue weighted by atomic mass is 10.1. The third-order valence-corrected chi connectivity index (χ3v) is 2.02. The van der Waals surface area contributed by atoms with E-state index in [-0.39, 0.29) is 0 Å². The average Bonchev–Trinajstić information content (AvgIpc) is 2.18. The van der Waals surface area contributed by atoms with E-state index in [9.17, 15) is 9.90 Å². The summed E-state index contributed by atoms with van der Waals surface area (Å²) in [7, 11) is 0. The quantitative estimate of drug-likeness (QED) is 0.792. The van der Waals surface area contributed by atoms with E-state index in [0.717, 1.165) is 5.56 Å². The second-order valence-corrected chi connectivity index (χ2v) is 3.34. The maximum absolute atomic E-state index is 10.5. The maximum atomic E-state index is 10.5. The van der Waals surface area contributed by atoms with Crippen LogP contribution < -0.4 is 4.74 Å². The molecule has 0 bridgehead atoms. The monoisotopic (exact) mass is 210 g/mol. The summed E-state index contributed by atoms with van der Waals surface area (Å²) in [5.74, 6) is -0.524. The predicted octanol–water partition coefficient (Wildman–Crippen LogP) is 1.59. The minimum Gasteiger partial charge on any atom is -0.479 e. The third-order valence-electron chi connectivity index (χ3n) is 2.02. The maximum Gasteiger partial charge on any atom is 0.344 e. The summed E-state index contributed by atoms with van der Waals surface area (Å²) in [5.41, 5.74) is 0.769. The van der Waals surface area contributed by atoms with Gasteiger partial charge in [0, 0.05) is 0 Å². The fraction of sp³-hybridized carbons (Fsp3) is 0.364. The number of benzene rings is 1. The van der Waals surface area contributed by atoms with Gasteiger partial charge in [0.2, 0.25) is 0 Å². The first-order valence-corrected chi connectivity index (χ1v) is 4.68. The Hall–Kier alpha value is -1.55. The van der Waals surface area contributed by atoms with Gasteiger partial charge in [0.05, 0.1) is 6.10 Å². The number of aliphatic hydroxyl groups is 1. The van der Waals surface area contributed by atoms with Crippen LogP contribution in [0.15, 0.2) is 24.3 Å². The van der Waals surface area contributed by atoms with Crippen LogP contribution in [0, 0.1) is 0 Å². The standard InChI is InChI=1S/C11H14O4/c1-7(12)9-3-5-10(6-4-9)15-8(2)11(13)14/h3-8,12H,1-2H3,(H,13,14)/t7-,8?/m1/s1. The number of aliphatic carboxylic acids is 1. The molecule has 0 aliphatic heterocycles. The van der Waals surface area contributed by atoms with Crippen molar-refractivity contribution in [3.63, 3.8) is 0 Å². The Morgan fingerprint density at radius 1 is 1.27 bits per heavy atom. The Bertz CT molecular complexity index is 329. The highest BCUT2D eigenvalue weighted by molar-refractivity contribution is 5.72. The number of rotatable bonds is 4.